The normalized spacial score (nSPS) is 14.4. The van der Waals surface area contributed by atoms with E-state index in [1.807, 2.05) is 7.05 Å². The number of nitrogens with one attached hydrogen (secondary N) is 2. The van der Waals surface area contributed by atoms with Crippen molar-refractivity contribution >= 4 is 40.0 Å². The number of carbonyl (C=O) groups is 2. The van der Waals surface area contributed by atoms with Gasteiger partial charge < -0.3 is 20.3 Å². The number of piperazine rings is 1. The number of hydrogen-bond donors (Lipinski definition) is 2. The molecule has 11 heteroatoms. The number of benzene rings is 1. The third kappa shape index (κ3) is 4.62. The molecule has 0 radical (unpaired) electrons. The molecule has 32 heavy (non-hydrogen) atoms. The van der Waals surface area contributed by atoms with E-state index in [0.717, 1.165) is 43.0 Å². The van der Waals surface area contributed by atoms with Gasteiger partial charge in [0.2, 0.25) is 11.8 Å². The highest BCUT2D eigenvalue weighted by Gasteiger charge is 2.22. The van der Waals surface area contributed by atoms with Crippen molar-refractivity contribution in [3.63, 3.8) is 0 Å². The van der Waals surface area contributed by atoms with Crippen LogP contribution in [0.2, 0.25) is 0 Å². The van der Waals surface area contributed by atoms with E-state index >= 15 is 0 Å². The van der Waals surface area contributed by atoms with Crippen LogP contribution >= 0.6 is 0 Å². The van der Waals surface area contributed by atoms with Crippen LogP contribution in [0.5, 0.6) is 5.75 Å². The van der Waals surface area contributed by atoms with Gasteiger partial charge in [-0.05, 0) is 18.2 Å². The van der Waals surface area contributed by atoms with Crippen molar-refractivity contribution in [1.82, 2.24) is 24.6 Å². The lowest BCUT2D eigenvalue weighted by atomic mass is 10.2. The van der Waals surface area contributed by atoms with E-state index in [9.17, 15) is 9.59 Å². The molecule has 0 saturated carbocycles. The molecule has 1 saturated heterocycles. The van der Waals surface area contributed by atoms with E-state index in [2.05, 4.69) is 35.5 Å². The van der Waals surface area contributed by atoms with Crippen molar-refractivity contribution in [1.29, 1.82) is 0 Å². The second kappa shape index (κ2) is 9.18. The van der Waals surface area contributed by atoms with Crippen LogP contribution in [-0.4, -0.2) is 76.3 Å². The van der Waals surface area contributed by atoms with Gasteiger partial charge in [-0.3, -0.25) is 19.2 Å². The van der Waals surface area contributed by atoms with Crippen molar-refractivity contribution in [2.75, 3.05) is 55.4 Å². The van der Waals surface area contributed by atoms with Gasteiger partial charge in [0.15, 0.2) is 5.65 Å². The van der Waals surface area contributed by atoms with Crippen molar-refractivity contribution in [2.45, 2.75) is 6.92 Å². The summed E-state index contributed by atoms with van der Waals surface area (Å²) in [7, 11) is 3.39. The average molecular weight is 438 g/mol. The lowest BCUT2D eigenvalue weighted by Gasteiger charge is -2.35. The molecule has 1 aliphatic rings. The molecule has 2 N–H and O–H groups in total. The molecule has 1 fully saturated rings. The predicted octanol–water partition coefficient (Wildman–Crippen LogP) is 1.09. The highest BCUT2D eigenvalue weighted by atomic mass is 16.5. The van der Waals surface area contributed by atoms with E-state index in [0.29, 0.717) is 17.1 Å². The van der Waals surface area contributed by atoms with Gasteiger partial charge in [-0.2, -0.15) is 5.10 Å². The summed E-state index contributed by atoms with van der Waals surface area (Å²) < 4.78 is 7.06. The molecule has 3 aromatic rings. The molecular weight excluding hydrogens is 412 g/mol. The zero-order valence-corrected chi connectivity index (χ0v) is 18.3. The lowest BCUT2D eigenvalue weighted by molar-refractivity contribution is -0.117. The van der Waals surface area contributed by atoms with Crippen LogP contribution in [0.3, 0.4) is 0 Å². The second-order valence-electron chi connectivity index (χ2n) is 7.61. The molecule has 0 bridgehead atoms. The maximum absolute atomic E-state index is 12.7. The lowest BCUT2D eigenvalue weighted by Crippen LogP contribution is -2.49. The van der Waals surface area contributed by atoms with E-state index in [1.165, 1.54) is 14.0 Å². The molecule has 4 rings (SSSR count). The largest absolute Gasteiger partial charge is 0.495 e. The van der Waals surface area contributed by atoms with Gasteiger partial charge in [0.25, 0.3) is 0 Å². The Kier molecular flexibility index (Phi) is 6.17. The number of aromatic nitrogens is 4. The van der Waals surface area contributed by atoms with Crippen molar-refractivity contribution in [3.05, 3.63) is 30.7 Å². The molecule has 1 aliphatic heterocycles. The Morgan fingerprint density at radius 3 is 2.62 bits per heavy atom. The predicted molar refractivity (Wildman–Crippen MR) is 121 cm³/mol. The van der Waals surface area contributed by atoms with Gasteiger partial charge in [-0.15, -0.1) is 0 Å². The Morgan fingerprint density at radius 1 is 1.12 bits per heavy atom. The first-order valence-electron chi connectivity index (χ1n) is 10.3. The van der Waals surface area contributed by atoms with Gasteiger partial charge in [-0.25, -0.2) is 9.97 Å². The second-order valence-corrected chi connectivity index (χ2v) is 7.61. The number of fused-ring (bicyclic) bond motifs is 1. The smallest absolute Gasteiger partial charge is 0.238 e. The summed E-state index contributed by atoms with van der Waals surface area (Å²) in [4.78, 5) is 37.0. The zero-order chi connectivity index (χ0) is 22.7. The minimum atomic E-state index is -0.183. The molecular formula is C21H26N8O3. The van der Waals surface area contributed by atoms with Crippen molar-refractivity contribution < 1.29 is 14.3 Å². The number of carbonyl (C=O) groups excluding carboxylic acids is 2. The van der Waals surface area contributed by atoms with Crippen LogP contribution in [0.4, 0.5) is 17.2 Å². The van der Waals surface area contributed by atoms with Crippen molar-refractivity contribution in [2.24, 2.45) is 7.05 Å². The summed E-state index contributed by atoms with van der Waals surface area (Å²) >= 11 is 0. The molecule has 1 aromatic carbocycles. The molecule has 11 nitrogen and oxygen atoms in total. The van der Waals surface area contributed by atoms with Gasteiger partial charge in [0.1, 0.15) is 17.9 Å². The Morgan fingerprint density at radius 2 is 1.91 bits per heavy atom. The summed E-state index contributed by atoms with van der Waals surface area (Å²) in [6.07, 6.45) is 3.34. The SMILES string of the molecule is COc1ccc(NC(C)=O)cc1NC(=O)CN1CCN(c2ncnc3c2cnn3C)CC1. The summed E-state index contributed by atoms with van der Waals surface area (Å²) in [5, 5.41) is 10.8. The van der Waals surface area contributed by atoms with Crippen LogP contribution in [0.15, 0.2) is 30.7 Å². The first kappa shape index (κ1) is 21.5. The van der Waals surface area contributed by atoms with Crippen LogP contribution < -0.4 is 20.3 Å². The maximum Gasteiger partial charge on any atom is 0.238 e. The first-order chi connectivity index (χ1) is 15.4. The first-order valence-corrected chi connectivity index (χ1v) is 10.3. The van der Waals surface area contributed by atoms with Gasteiger partial charge in [0, 0.05) is 45.8 Å². The van der Waals surface area contributed by atoms with Gasteiger partial charge >= 0.3 is 0 Å². The van der Waals surface area contributed by atoms with Crippen molar-refractivity contribution in [3.8, 4) is 5.75 Å². The zero-order valence-electron chi connectivity index (χ0n) is 18.3. The Balaban J connectivity index is 1.36. The van der Waals surface area contributed by atoms with Crippen LogP contribution in [0.1, 0.15) is 6.92 Å². The third-order valence-electron chi connectivity index (χ3n) is 5.34. The minimum Gasteiger partial charge on any atom is -0.495 e. The number of amides is 2. The maximum atomic E-state index is 12.7. The molecule has 0 unspecified atom stereocenters. The standard InChI is InChI=1S/C21H26N8O3/c1-14(30)25-15-4-5-18(32-3)17(10-15)26-19(31)12-28-6-8-29(9-7-28)21-16-11-24-27(2)20(16)22-13-23-21/h4-5,10-11,13H,6-9,12H2,1-3H3,(H,25,30)(H,26,31). The highest BCUT2D eigenvalue weighted by molar-refractivity contribution is 5.96. The van der Waals surface area contributed by atoms with Gasteiger partial charge in [-0.1, -0.05) is 0 Å². The number of anilines is 3. The average Bonchev–Trinajstić information content (AvgIpc) is 3.15. The van der Waals surface area contributed by atoms with Crippen LogP contribution in [0.25, 0.3) is 11.0 Å². The number of methoxy groups -OCH3 is 1. The van der Waals surface area contributed by atoms with Gasteiger partial charge in [0.05, 0.1) is 30.9 Å². The fourth-order valence-electron chi connectivity index (χ4n) is 3.80. The molecule has 3 heterocycles. The summed E-state index contributed by atoms with van der Waals surface area (Å²) in [6.45, 7) is 4.63. The topological polar surface area (TPSA) is 118 Å². The fraction of sp³-hybridized carbons (Fsp3) is 0.381. The highest BCUT2D eigenvalue weighted by Crippen LogP contribution is 2.28. The van der Waals surface area contributed by atoms with E-state index in [4.69, 9.17) is 4.74 Å². The molecule has 0 aliphatic carbocycles. The number of nitrogens with zero attached hydrogens (tertiary/aromatic N) is 6. The molecule has 2 amide bonds. The summed E-state index contributed by atoms with van der Waals surface area (Å²) in [6, 6.07) is 5.12. The Bertz CT molecular complexity index is 1140. The number of rotatable bonds is 6. The number of ether oxygens (including phenoxy) is 1. The molecule has 168 valence electrons. The van der Waals surface area contributed by atoms with E-state index in [-0.39, 0.29) is 18.4 Å². The van der Waals surface area contributed by atoms with E-state index < -0.39 is 0 Å². The Hall–Kier alpha value is -3.73. The summed E-state index contributed by atoms with van der Waals surface area (Å²) in [5.74, 6) is 1.07. The Labute approximate surface area is 185 Å². The summed E-state index contributed by atoms with van der Waals surface area (Å²) in [5.41, 5.74) is 1.91. The monoisotopic (exact) mass is 438 g/mol. The third-order valence-corrected chi connectivity index (χ3v) is 5.34. The minimum absolute atomic E-state index is 0.145. The number of aryl methyl sites for hydroxylation is 1. The van der Waals surface area contributed by atoms with Crippen LogP contribution in [0, 0.1) is 0 Å². The van der Waals surface area contributed by atoms with E-state index in [1.54, 1.807) is 35.4 Å². The molecule has 0 atom stereocenters. The molecule has 0 spiro atoms. The quantitative estimate of drug-likeness (QED) is 0.587. The fourth-order valence-corrected chi connectivity index (χ4v) is 3.80. The molecule has 2 aromatic heterocycles. The number of hydrogen-bond acceptors (Lipinski definition) is 8. The van der Waals surface area contributed by atoms with Crippen LogP contribution in [-0.2, 0) is 16.6 Å².